The summed E-state index contributed by atoms with van der Waals surface area (Å²) in [5.41, 5.74) is 3.44. The molecular formula is C26H26N4O3S. The van der Waals surface area contributed by atoms with Crippen LogP contribution in [0, 0.1) is 0 Å². The molecule has 1 atom stereocenters. The van der Waals surface area contributed by atoms with E-state index in [4.69, 9.17) is 9.15 Å². The minimum absolute atomic E-state index is 0.0119. The van der Waals surface area contributed by atoms with E-state index in [1.807, 2.05) is 47.0 Å². The largest absolute Gasteiger partial charge is 0.497 e. The maximum Gasteiger partial charge on any atom is 0.230 e. The second-order valence-corrected chi connectivity index (χ2v) is 9.15. The summed E-state index contributed by atoms with van der Waals surface area (Å²) in [7, 11) is 1.64. The summed E-state index contributed by atoms with van der Waals surface area (Å²) in [5, 5.41) is 12.7. The molecule has 0 bridgehead atoms. The maximum absolute atomic E-state index is 12.9. The molecule has 1 aliphatic rings. The van der Waals surface area contributed by atoms with Gasteiger partial charge in [-0.05, 0) is 54.7 Å². The molecule has 1 aliphatic carbocycles. The van der Waals surface area contributed by atoms with Gasteiger partial charge in [-0.25, -0.2) is 0 Å². The Balaban J connectivity index is 1.33. The first-order valence-corrected chi connectivity index (χ1v) is 12.3. The number of benzene rings is 2. The van der Waals surface area contributed by atoms with Gasteiger partial charge in [0.05, 0.1) is 31.7 Å². The van der Waals surface area contributed by atoms with Gasteiger partial charge in [0.15, 0.2) is 11.0 Å². The Hall–Kier alpha value is -3.52. The van der Waals surface area contributed by atoms with E-state index >= 15 is 0 Å². The van der Waals surface area contributed by atoms with E-state index in [2.05, 4.69) is 33.7 Å². The quantitative estimate of drug-likeness (QED) is 0.367. The molecule has 0 unspecified atom stereocenters. The highest BCUT2D eigenvalue weighted by Gasteiger charge is 2.22. The van der Waals surface area contributed by atoms with Crippen molar-refractivity contribution in [2.45, 2.75) is 37.0 Å². The highest BCUT2D eigenvalue weighted by molar-refractivity contribution is 7.99. The predicted molar refractivity (Wildman–Crippen MR) is 131 cm³/mol. The third-order valence-corrected chi connectivity index (χ3v) is 6.94. The summed E-state index contributed by atoms with van der Waals surface area (Å²) in [4.78, 5) is 12.9. The van der Waals surface area contributed by atoms with Gasteiger partial charge >= 0.3 is 0 Å². The Labute approximate surface area is 202 Å². The van der Waals surface area contributed by atoms with Gasteiger partial charge < -0.3 is 14.5 Å². The van der Waals surface area contributed by atoms with E-state index in [1.54, 1.807) is 13.4 Å². The van der Waals surface area contributed by atoms with Crippen LogP contribution in [0.1, 0.15) is 35.8 Å². The molecule has 0 aliphatic heterocycles. The van der Waals surface area contributed by atoms with E-state index in [-0.39, 0.29) is 17.7 Å². The van der Waals surface area contributed by atoms with E-state index in [1.165, 1.54) is 22.9 Å². The topological polar surface area (TPSA) is 82.2 Å². The molecule has 0 saturated carbocycles. The smallest absolute Gasteiger partial charge is 0.230 e. The normalized spacial score (nSPS) is 15.0. The SMILES string of the molecule is COc1cccc(-c2nnc(SCC(=O)N[C@@H]3CCCc4ccccc43)n2Cc2ccco2)c1. The zero-order valence-electron chi connectivity index (χ0n) is 18.9. The lowest BCUT2D eigenvalue weighted by Gasteiger charge is -2.26. The van der Waals surface area contributed by atoms with Crippen LogP contribution in [0.2, 0.25) is 0 Å². The van der Waals surface area contributed by atoms with Crippen molar-refractivity contribution in [2.75, 3.05) is 12.9 Å². The third-order valence-electron chi connectivity index (χ3n) is 5.98. The molecule has 2 aromatic heterocycles. The monoisotopic (exact) mass is 474 g/mol. The van der Waals surface area contributed by atoms with Crippen molar-refractivity contribution < 1.29 is 13.9 Å². The van der Waals surface area contributed by atoms with Crippen LogP contribution < -0.4 is 10.1 Å². The summed E-state index contributed by atoms with van der Waals surface area (Å²) in [5.74, 6) is 2.47. The van der Waals surface area contributed by atoms with Gasteiger partial charge in [0.25, 0.3) is 0 Å². The zero-order valence-corrected chi connectivity index (χ0v) is 19.8. The Morgan fingerprint density at radius 3 is 2.94 bits per heavy atom. The molecule has 7 nitrogen and oxygen atoms in total. The molecule has 1 N–H and O–H groups in total. The van der Waals surface area contributed by atoms with Gasteiger partial charge in [0.1, 0.15) is 11.5 Å². The molecule has 4 aromatic rings. The molecule has 8 heteroatoms. The van der Waals surface area contributed by atoms with Crippen molar-refractivity contribution in [1.82, 2.24) is 20.1 Å². The van der Waals surface area contributed by atoms with Crippen LogP contribution >= 0.6 is 11.8 Å². The van der Waals surface area contributed by atoms with Crippen LogP contribution in [0.5, 0.6) is 5.75 Å². The Kier molecular flexibility index (Phi) is 6.67. The third kappa shape index (κ3) is 4.87. The average Bonchev–Trinajstić information content (AvgIpc) is 3.53. The number of amides is 1. The number of rotatable bonds is 8. The number of furan rings is 1. The van der Waals surface area contributed by atoms with Crippen LogP contribution in [0.3, 0.4) is 0 Å². The second-order valence-electron chi connectivity index (χ2n) is 8.20. The average molecular weight is 475 g/mol. The standard InChI is InChI=1S/C26H26N4O3S/c1-32-20-10-4-9-19(15-20)25-28-29-26(30(25)16-21-11-6-14-33-21)34-17-24(31)27-23-13-5-8-18-7-2-3-12-22(18)23/h2-4,6-7,9-12,14-15,23H,5,8,13,16-17H2,1H3,(H,27,31)/t23-/m1/s1. The zero-order chi connectivity index (χ0) is 23.3. The fourth-order valence-corrected chi connectivity index (χ4v) is 5.09. The highest BCUT2D eigenvalue weighted by atomic mass is 32.2. The summed E-state index contributed by atoms with van der Waals surface area (Å²) in [6.45, 7) is 0.465. The maximum atomic E-state index is 12.9. The number of aryl methyl sites for hydroxylation is 1. The number of carbonyl (C=O) groups is 1. The van der Waals surface area contributed by atoms with E-state index < -0.39 is 0 Å². The van der Waals surface area contributed by atoms with E-state index in [9.17, 15) is 4.79 Å². The molecule has 174 valence electrons. The highest BCUT2D eigenvalue weighted by Crippen LogP contribution is 2.30. The molecule has 0 saturated heterocycles. The minimum Gasteiger partial charge on any atom is -0.497 e. The second kappa shape index (κ2) is 10.2. The first-order valence-electron chi connectivity index (χ1n) is 11.3. The summed E-state index contributed by atoms with van der Waals surface area (Å²) in [6.07, 6.45) is 4.76. The number of nitrogens with zero attached hydrogens (tertiary/aromatic N) is 3. The molecule has 34 heavy (non-hydrogen) atoms. The number of nitrogens with one attached hydrogen (secondary N) is 1. The van der Waals surface area contributed by atoms with Crippen LogP contribution in [-0.4, -0.2) is 33.5 Å². The molecule has 2 aromatic carbocycles. The van der Waals surface area contributed by atoms with Gasteiger partial charge in [-0.2, -0.15) is 0 Å². The fourth-order valence-electron chi connectivity index (χ4n) is 4.34. The Bertz CT molecular complexity index is 1270. The van der Waals surface area contributed by atoms with Crippen molar-refractivity contribution in [1.29, 1.82) is 0 Å². The lowest BCUT2D eigenvalue weighted by molar-refractivity contribution is -0.119. The number of aromatic nitrogens is 3. The number of thioether (sulfide) groups is 1. The first kappa shape index (κ1) is 22.3. The van der Waals surface area contributed by atoms with Crippen molar-refractivity contribution in [3.63, 3.8) is 0 Å². The predicted octanol–water partition coefficient (Wildman–Crippen LogP) is 4.88. The van der Waals surface area contributed by atoms with Crippen molar-refractivity contribution in [2.24, 2.45) is 0 Å². The molecule has 0 radical (unpaired) electrons. The van der Waals surface area contributed by atoms with Crippen molar-refractivity contribution >= 4 is 17.7 Å². The van der Waals surface area contributed by atoms with Gasteiger partial charge in [0.2, 0.25) is 5.91 Å². The molecular weight excluding hydrogens is 448 g/mol. The summed E-state index contributed by atoms with van der Waals surface area (Å²) < 4.78 is 12.9. The lowest BCUT2D eigenvalue weighted by atomic mass is 9.88. The number of fused-ring (bicyclic) bond motifs is 1. The number of hydrogen-bond donors (Lipinski definition) is 1. The van der Waals surface area contributed by atoms with Gasteiger partial charge in [0, 0.05) is 5.56 Å². The number of hydrogen-bond acceptors (Lipinski definition) is 6. The van der Waals surface area contributed by atoms with E-state index in [0.29, 0.717) is 17.5 Å². The number of methoxy groups -OCH3 is 1. The fraction of sp³-hybridized carbons (Fsp3) is 0.269. The Morgan fingerprint density at radius 2 is 2.09 bits per heavy atom. The van der Waals surface area contributed by atoms with Crippen molar-refractivity contribution in [3.8, 4) is 17.1 Å². The van der Waals surface area contributed by atoms with Gasteiger partial charge in [-0.1, -0.05) is 48.2 Å². The van der Waals surface area contributed by atoms with Gasteiger partial charge in [-0.3, -0.25) is 9.36 Å². The molecule has 0 fully saturated rings. The first-order chi connectivity index (χ1) is 16.7. The minimum atomic E-state index is -0.0119. The number of carbonyl (C=O) groups excluding carboxylic acids is 1. The summed E-state index contributed by atoms with van der Waals surface area (Å²) in [6, 6.07) is 19.9. The van der Waals surface area contributed by atoms with Crippen LogP contribution in [0.25, 0.3) is 11.4 Å². The molecule has 0 spiro atoms. The van der Waals surface area contributed by atoms with E-state index in [0.717, 1.165) is 36.3 Å². The lowest BCUT2D eigenvalue weighted by Crippen LogP contribution is -2.32. The van der Waals surface area contributed by atoms with Crippen LogP contribution in [0.4, 0.5) is 0 Å². The van der Waals surface area contributed by atoms with Crippen LogP contribution in [0.15, 0.2) is 76.5 Å². The van der Waals surface area contributed by atoms with Gasteiger partial charge in [-0.15, -0.1) is 10.2 Å². The molecule has 2 heterocycles. The Morgan fingerprint density at radius 1 is 1.18 bits per heavy atom. The van der Waals surface area contributed by atoms with Crippen molar-refractivity contribution in [3.05, 3.63) is 83.8 Å². The number of ether oxygens (including phenoxy) is 1. The molecule has 5 rings (SSSR count). The summed E-state index contributed by atoms with van der Waals surface area (Å²) >= 11 is 1.38. The molecule has 1 amide bonds. The van der Waals surface area contributed by atoms with Crippen LogP contribution in [-0.2, 0) is 17.8 Å².